The van der Waals surface area contributed by atoms with Gasteiger partial charge in [-0.3, -0.25) is 9.89 Å². The highest BCUT2D eigenvalue weighted by Gasteiger charge is 2.19. The van der Waals surface area contributed by atoms with Gasteiger partial charge < -0.3 is 15.5 Å². The predicted molar refractivity (Wildman–Crippen MR) is 62.1 cm³/mol. The third-order valence-corrected chi connectivity index (χ3v) is 2.49. The standard InChI is InChI=1S/C11H11N3O4/c15-5-9(11(17)18)13-10(16)6-1-2-7-4-12-14-8(7)3-6/h1-4,9,15H,5H2,(H,12,14)(H,13,16)(H,17,18). The number of carboxylic acids is 1. The van der Waals surface area contributed by atoms with Crippen LogP contribution in [0.25, 0.3) is 10.9 Å². The second-order valence-electron chi connectivity index (χ2n) is 3.72. The number of aromatic amines is 1. The molecule has 0 bridgehead atoms. The molecule has 0 spiro atoms. The number of aromatic nitrogens is 2. The Kier molecular flexibility index (Phi) is 3.24. The van der Waals surface area contributed by atoms with E-state index in [1.54, 1.807) is 24.4 Å². The number of hydrogen-bond donors (Lipinski definition) is 4. The fourth-order valence-electron chi connectivity index (χ4n) is 1.51. The van der Waals surface area contributed by atoms with E-state index in [0.717, 1.165) is 5.39 Å². The van der Waals surface area contributed by atoms with Crippen LogP contribution in [0.1, 0.15) is 10.4 Å². The van der Waals surface area contributed by atoms with Gasteiger partial charge in [-0.15, -0.1) is 0 Å². The van der Waals surface area contributed by atoms with Gasteiger partial charge in [0.2, 0.25) is 0 Å². The van der Waals surface area contributed by atoms with E-state index >= 15 is 0 Å². The second-order valence-corrected chi connectivity index (χ2v) is 3.72. The molecule has 0 aliphatic carbocycles. The molecule has 1 aromatic heterocycles. The van der Waals surface area contributed by atoms with Crippen LogP contribution in [0.4, 0.5) is 0 Å². The number of aliphatic carboxylic acids is 1. The molecule has 18 heavy (non-hydrogen) atoms. The number of nitrogens with one attached hydrogen (secondary N) is 2. The number of carboxylic acid groups (broad SMARTS) is 1. The Bertz CT molecular complexity index is 593. The van der Waals surface area contributed by atoms with Crippen molar-refractivity contribution < 1.29 is 19.8 Å². The first-order valence-corrected chi connectivity index (χ1v) is 5.19. The minimum absolute atomic E-state index is 0.298. The van der Waals surface area contributed by atoms with Crippen molar-refractivity contribution in [3.8, 4) is 0 Å². The highest BCUT2D eigenvalue weighted by Crippen LogP contribution is 2.12. The maximum absolute atomic E-state index is 11.8. The first-order chi connectivity index (χ1) is 8.61. The van der Waals surface area contributed by atoms with Crippen molar-refractivity contribution in [3.05, 3.63) is 30.0 Å². The summed E-state index contributed by atoms with van der Waals surface area (Å²) < 4.78 is 0. The first-order valence-electron chi connectivity index (χ1n) is 5.19. The molecule has 4 N–H and O–H groups in total. The van der Waals surface area contributed by atoms with Crippen LogP contribution in [-0.2, 0) is 4.79 Å². The van der Waals surface area contributed by atoms with Gasteiger partial charge in [-0.05, 0) is 12.1 Å². The Morgan fingerprint density at radius 1 is 1.44 bits per heavy atom. The molecule has 0 saturated heterocycles. The van der Waals surface area contributed by atoms with Crippen molar-refractivity contribution in [3.63, 3.8) is 0 Å². The summed E-state index contributed by atoms with van der Waals surface area (Å²) in [7, 11) is 0. The average Bonchev–Trinajstić information content (AvgIpc) is 2.82. The van der Waals surface area contributed by atoms with E-state index in [9.17, 15) is 9.59 Å². The Labute approximate surface area is 101 Å². The van der Waals surface area contributed by atoms with E-state index < -0.39 is 24.5 Å². The normalized spacial score (nSPS) is 12.3. The largest absolute Gasteiger partial charge is 0.480 e. The number of rotatable bonds is 4. The van der Waals surface area contributed by atoms with E-state index in [1.165, 1.54) is 0 Å². The number of aliphatic hydroxyl groups excluding tert-OH is 1. The van der Waals surface area contributed by atoms with Gasteiger partial charge in [0.15, 0.2) is 6.04 Å². The van der Waals surface area contributed by atoms with Gasteiger partial charge in [0.1, 0.15) is 0 Å². The number of carbonyl (C=O) groups is 2. The molecule has 1 amide bonds. The lowest BCUT2D eigenvalue weighted by Crippen LogP contribution is -2.43. The molecular weight excluding hydrogens is 238 g/mol. The topological polar surface area (TPSA) is 115 Å². The summed E-state index contributed by atoms with van der Waals surface area (Å²) in [4.78, 5) is 22.4. The van der Waals surface area contributed by atoms with Gasteiger partial charge in [-0.25, -0.2) is 4.79 Å². The van der Waals surface area contributed by atoms with Crippen LogP contribution in [0.15, 0.2) is 24.4 Å². The van der Waals surface area contributed by atoms with E-state index in [4.69, 9.17) is 10.2 Å². The summed E-state index contributed by atoms with van der Waals surface area (Å²) in [5.74, 6) is -1.85. The molecule has 1 atom stereocenters. The van der Waals surface area contributed by atoms with Crippen LogP contribution in [-0.4, -0.2) is 44.9 Å². The number of aliphatic hydroxyl groups is 1. The van der Waals surface area contributed by atoms with Crippen LogP contribution in [0.2, 0.25) is 0 Å². The summed E-state index contributed by atoms with van der Waals surface area (Å²) in [5, 5.41) is 27.1. The Balaban J connectivity index is 2.19. The zero-order chi connectivity index (χ0) is 13.1. The van der Waals surface area contributed by atoms with E-state index in [0.29, 0.717) is 11.1 Å². The lowest BCUT2D eigenvalue weighted by molar-refractivity contribution is -0.140. The molecule has 7 heteroatoms. The number of H-pyrrole nitrogens is 1. The van der Waals surface area contributed by atoms with E-state index in [1.807, 2.05) is 0 Å². The summed E-state index contributed by atoms with van der Waals surface area (Å²) >= 11 is 0. The second kappa shape index (κ2) is 4.84. The smallest absolute Gasteiger partial charge is 0.328 e. The number of benzene rings is 1. The van der Waals surface area contributed by atoms with Crippen molar-refractivity contribution in [2.45, 2.75) is 6.04 Å². The average molecular weight is 249 g/mol. The molecule has 1 unspecified atom stereocenters. The molecule has 2 aromatic rings. The third-order valence-electron chi connectivity index (χ3n) is 2.49. The van der Waals surface area contributed by atoms with Crippen molar-refractivity contribution in [2.24, 2.45) is 0 Å². The molecule has 0 radical (unpaired) electrons. The van der Waals surface area contributed by atoms with Crippen molar-refractivity contribution in [1.82, 2.24) is 15.5 Å². The predicted octanol–water partition coefficient (Wildman–Crippen LogP) is -0.262. The Hall–Kier alpha value is -2.41. The number of carbonyl (C=O) groups excluding carboxylic acids is 1. The molecule has 94 valence electrons. The maximum atomic E-state index is 11.8. The van der Waals surface area contributed by atoms with Gasteiger partial charge in [-0.2, -0.15) is 5.10 Å². The number of hydrogen-bond acceptors (Lipinski definition) is 4. The molecule has 0 fully saturated rings. The number of fused-ring (bicyclic) bond motifs is 1. The first kappa shape index (κ1) is 12.1. The molecule has 0 saturated carbocycles. The van der Waals surface area contributed by atoms with E-state index in [2.05, 4.69) is 15.5 Å². The summed E-state index contributed by atoms with van der Waals surface area (Å²) in [6.45, 7) is -0.659. The van der Waals surface area contributed by atoms with Gasteiger partial charge in [0.05, 0.1) is 18.3 Å². The molecule has 2 rings (SSSR count). The summed E-state index contributed by atoms with van der Waals surface area (Å²) in [5.41, 5.74) is 0.977. The van der Waals surface area contributed by atoms with Crippen molar-refractivity contribution >= 4 is 22.8 Å². The lowest BCUT2D eigenvalue weighted by Gasteiger charge is -2.11. The minimum atomic E-state index is -1.31. The molecule has 0 aliphatic rings. The quantitative estimate of drug-likeness (QED) is 0.595. The van der Waals surface area contributed by atoms with Crippen molar-refractivity contribution in [2.75, 3.05) is 6.61 Å². The van der Waals surface area contributed by atoms with E-state index in [-0.39, 0.29) is 0 Å². The number of nitrogens with zero attached hydrogens (tertiary/aromatic N) is 1. The Morgan fingerprint density at radius 2 is 2.22 bits per heavy atom. The summed E-state index contributed by atoms with van der Waals surface area (Å²) in [6, 6.07) is 3.51. The zero-order valence-corrected chi connectivity index (χ0v) is 9.25. The van der Waals surface area contributed by atoms with Crippen molar-refractivity contribution in [1.29, 1.82) is 0 Å². The number of amides is 1. The van der Waals surface area contributed by atoms with Gasteiger partial charge in [-0.1, -0.05) is 6.07 Å². The fourth-order valence-corrected chi connectivity index (χ4v) is 1.51. The highest BCUT2D eigenvalue weighted by molar-refractivity contribution is 5.99. The van der Waals surface area contributed by atoms with Crippen LogP contribution >= 0.6 is 0 Å². The zero-order valence-electron chi connectivity index (χ0n) is 9.25. The molecular formula is C11H11N3O4. The Morgan fingerprint density at radius 3 is 2.89 bits per heavy atom. The monoisotopic (exact) mass is 249 g/mol. The van der Waals surface area contributed by atoms with Crippen LogP contribution < -0.4 is 5.32 Å². The molecule has 7 nitrogen and oxygen atoms in total. The van der Waals surface area contributed by atoms with Gasteiger partial charge >= 0.3 is 5.97 Å². The van der Waals surface area contributed by atoms with Crippen LogP contribution in [0, 0.1) is 0 Å². The maximum Gasteiger partial charge on any atom is 0.328 e. The van der Waals surface area contributed by atoms with Crippen LogP contribution in [0.5, 0.6) is 0 Å². The van der Waals surface area contributed by atoms with Gasteiger partial charge in [0, 0.05) is 10.9 Å². The molecule has 1 heterocycles. The SMILES string of the molecule is O=C(NC(CO)C(=O)O)c1ccc2cn[nH]c2c1. The van der Waals surface area contributed by atoms with Crippen LogP contribution in [0.3, 0.4) is 0 Å². The fraction of sp³-hybridized carbons (Fsp3) is 0.182. The third kappa shape index (κ3) is 2.30. The lowest BCUT2D eigenvalue weighted by atomic mass is 10.1. The molecule has 0 aliphatic heterocycles. The highest BCUT2D eigenvalue weighted by atomic mass is 16.4. The minimum Gasteiger partial charge on any atom is -0.480 e. The molecule has 1 aromatic carbocycles. The van der Waals surface area contributed by atoms with Gasteiger partial charge in [0.25, 0.3) is 5.91 Å². The summed E-state index contributed by atoms with van der Waals surface area (Å²) in [6.07, 6.45) is 1.62.